The summed E-state index contributed by atoms with van der Waals surface area (Å²) in [5.74, 6) is 0. The Balaban J connectivity index is 1.32. The molecule has 3 aromatic carbocycles. The molecule has 0 spiro atoms. The van der Waals surface area contributed by atoms with E-state index in [-0.39, 0.29) is 17.6 Å². The van der Waals surface area contributed by atoms with Gasteiger partial charge in [-0.1, -0.05) is 70.9 Å². The van der Waals surface area contributed by atoms with Crippen LogP contribution in [0.2, 0.25) is 10.0 Å². The summed E-state index contributed by atoms with van der Waals surface area (Å²) in [6, 6.07) is 23.9. The quantitative estimate of drug-likeness (QED) is 0.165. The van der Waals surface area contributed by atoms with Crippen molar-refractivity contribution in [2.24, 2.45) is 0 Å². The minimum atomic E-state index is -0.353. The number of rotatable bonds is 9. The summed E-state index contributed by atoms with van der Waals surface area (Å²) in [6.07, 6.45) is 6.51. The van der Waals surface area contributed by atoms with Crippen LogP contribution in [0.15, 0.2) is 79.1 Å². The highest BCUT2D eigenvalue weighted by atomic mass is 35.5. The second-order valence-corrected chi connectivity index (χ2v) is 13.7. The van der Waals surface area contributed by atoms with Crippen LogP contribution in [0.3, 0.4) is 0 Å². The van der Waals surface area contributed by atoms with Crippen molar-refractivity contribution in [1.82, 2.24) is 24.9 Å². The number of piperidine rings is 1. The van der Waals surface area contributed by atoms with Gasteiger partial charge in [0.1, 0.15) is 11.8 Å². The van der Waals surface area contributed by atoms with E-state index in [0.29, 0.717) is 33.4 Å². The molecule has 10 heteroatoms. The summed E-state index contributed by atoms with van der Waals surface area (Å²) in [5.41, 5.74) is 5.73. The number of nitriles is 1. The van der Waals surface area contributed by atoms with E-state index in [0.717, 1.165) is 54.7 Å². The first-order valence-corrected chi connectivity index (χ1v) is 16.4. The first kappa shape index (κ1) is 31.8. The maximum Gasteiger partial charge on any atom is 0.109 e. The van der Waals surface area contributed by atoms with Gasteiger partial charge in [-0.2, -0.15) is 5.26 Å². The Morgan fingerprint density at radius 1 is 1.00 bits per heavy atom. The second-order valence-electron chi connectivity index (χ2n) is 12.8. The zero-order valence-corrected chi connectivity index (χ0v) is 27.9. The molecule has 8 nitrogen and oxygen atoms in total. The molecule has 2 aromatic heterocycles. The van der Waals surface area contributed by atoms with Crippen LogP contribution in [0.4, 0.5) is 11.4 Å². The SMILES string of the molecule is CC(C)(C)N1CCC(n2cc([C@@H](Nc3cc(Cl)cc4c(NCCc5ccccc5)c(C#N)cnc34)c3ccc(Cl)cc3)nn2)CC1. The van der Waals surface area contributed by atoms with E-state index < -0.39 is 0 Å². The monoisotopic (exact) mass is 652 g/mol. The second kappa shape index (κ2) is 13.7. The average Bonchev–Trinajstić information content (AvgIpc) is 3.54. The lowest BCUT2D eigenvalue weighted by Gasteiger charge is -2.40. The van der Waals surface area contributed by atoms with Crippen molar-refractivity contribution in [3.8, 4) is 6.07 Å². The predicted molar refractivity (Wildman–Crippen MR) is 187 cm³/mol. The van der Waals surface area contributed by atoms with Crippen LogP contribution in [0.5, 0.6) is 0 Å². The molecular formula is C36H38Cl2N8. The van der Waals surface area contributed by atoms with Gasteiger partial charge in [0, 0.05) is 46.8 Å². The Hall–Kier alpha value is -4.16. The van der Waals surface area contributed by atoms with Gasteiger partial charge < -0.3 is 10.6 Å². The molecule has 1 saturated heterocycles. The number of nitrogens with zero attached hydrogens (tertiary/aromatic N) is 6. The highest BCUT2D eigenvalue weighted by molar-refractivity contribution is 6.32. The number of likely N-dealkylation sites (tertiary alicyclic amines) is 1. The summed E-state index contributed by atoms with van der Waals surface area (Å²) in [4.78, 5) is 7.26. The van der Waals surface area contributed by atoms with E-state index in [1.807, 2.05) is 65.5 Å². The van der Waals surface area contributed by atoms with Gasteiger partial charge in [-0.25, -0.2) is 4.68 Å². The Bertz CT molecular complexity index is 1830. The predicted octanol–water partition coefficient (Wildman–Crippen LogP) is 8.30. The summed E-state index contributed by atoms with van der Waals surface area (Å²) >= 11 is 13.0. The molecule has 3 heterocycles. The molecule has 5 aromatic rings. The van der Waals surface area contributed by atoms with Crippen molar-refractivity contribution in [2.45, 2.75) is 57.7 Å². The molecule has 0 bridgehead atoms. The van der Waals surface area contributed by atoms with Crippen LogP contribution in [0.1, 0.15) is 68.1 Å². The molecule has 0 radical (unpaired) electrons. The maximum atomic E-state index is 9.95. The standard InChI is InChI=1S/C36H38Cl2N8/c1-36(2,3)45-17-14-29(15-18-45)46-23-32(43-44-46)34(25-9-11-27(37)12-10-25)42-31-20-28(38)19-30-33(26(21-39)22-41-35(30)31)40-16-13-24-7-5-4-6-8-24/h4-12,19-20,22-23,29,34,42H,13-18H2,1-3H3,(H,40,41)/t34-/m0/s1. The Morgan fingerprint density at radius 3 is 2.43 bits per heavy atom. The zero-order valence-electron chi connectivity index (χ0n) is 26.3. The molecule has 1 atom stereocenters. The van der Waals surface area contributed by atoms with Crippen molar-refractivity contribution in [3.63, 3.8) is 0 Å². The minimum Gasteiger partial charge on any atom is -0.383 e. The summed E-state index contributed by atoms with van der Waals surface area (Å²) in [6.45, 7) is 9.50. The maximum absolute atomic E-state index is 9.95. The molecule has 2 N–H and O–H groups in total. The molecule has 46 heavy (non-hydrogen) atoms. The third-order valence-corrected chi connectivity index (χ3v) is 9.20. The number of benzene rings is 3. The van der Waals surface area contributed by atoms with Gasteiger partial charge in [-0.3, -0.25) is 9.88 Å². The van der Waals surface area contributed by atoms with Crippen molar-refractivity contribution >= 4 is 45.5 Å². The number of anilines is 2. The highest BCUT2D eigenvalue weighted by Crippen LogP contribution is 2.37. The van der Waals surface area contributed by atoms with E-state index in [1.165, 1.54) is 5.56 Å². The van der Waals surface area contributed by atoms with Crippen LogP contribution in [-0.2, 0) is 6.42 Å². The molecule has 1 aliphatic heterocycles. The third kappa shape index (κ3) is 7.13. The lowest BCUT2D eigenvalue weighted by Crippen LogP contribution is -2.46. The van der Waals surface area contributed by atoms with E-state index in [4.69, 9.17) is 28.2 Å². The van der Waals surface area contributed by atoms with E-state index >= 15 is 0 Å². The number of aromatic nitrogens is 4. The van der Waals surface area contributed by atoms with Crippen molar-refractivity contribution in [3.05, 3.63) is 112 Å². The van der Waals surface area contributed by atoms with Crippen LogP contribution < -0.4 is 10.6 Å². The summed E-state index contributed by atoms with van der Waals surface area (Å²) < 4.78 is 2.02. The fraction of sp³-hybridized carbons (Fsp3) is 0.333. The van der Waals surface area contributed by atoms with Crippen LogP contribution in [-0.4, -0.2) is 50.1 Å². The molecule has 1 fully saturated rings. The summed E-state index contributed by atoms with van der Waals surface area (Å²) in [5, 5.41) is 28.3. The normalized spacial score (nSPS) is 15.0. The molecule has 0 aliphatic carbocycles. The van der Waals surface area contributed by atoms with Gasteiger partial charge in [-0.15, -0.1) is 5.10 Å². The Morgan fingerprint density at radius 2 is 1.74 bits per heavy atom. The Labute approximate surface area is 280 Å². The van der Waals surface area contributed by atoms with Crippen molar-refractivity contribution in [2.75, 3.05) is 30.3 Å². The molecule has 0 unspecified atom stereocenters. The number of halogens is 2. The molecule has 0 saturated carbocycles. The minimum absolute atomic E-state index is 0.154. The largest absolute Gasteiger partial charge is 0.383 e. The van der Waals surface area contributed by atoms with E-state index in [9.17, 15) is 5.26 Å². The van der Waals surface area contributed by atoms with Crippen molar-refractivity contribution in [1.29, 1.82) is 5.26 Å². The smallest absolute Gasteiger partial charge is 0.109 e. The molecule has 6 rings (SSSR count). The van der Waals surface area contributed by atoms with Gasteiger partial charge in [-0.05, 0) is 75.4 Å². The molecule has 1 aliphatic rings. The third-order valence-electron chi connectivity index (χ3n) is 8.73. The zero-order chi connectivity index (χ0) is 32.3. The van der Waals surface area contributed by atoms with Gasteiger partial charge in [0.05, 0.1) is 40.7 Å². The van der Waals surface area contributed by atoms with E-state index in [1.54, 1.807) is 6.20 Å². The van der Waals surface area contributed by atoms with Crippen LogP contribution in [0, 0.1) is 11.3 Å². The number of pyridine rings is 1. The lowest BCUT2D eigenvalue weighted by atomic mass is 9.98. The van der Waals surface area contributed by atoms with Crippen LogP contribution in [0.25, 0.3) is 10.9 Å². The molecule has 236 valence electrons. The first-order chi connectivity index (χ1) is 22.2. The van der Waals surface area contributed by atoms with Gasteiger partial charge in [0.15, 0.2) is 0 Å². The van der Waals surface area contributed by atoms with Gasteiger partial charge in [0.25, 0.3) is 0 Å². The topological polar surface area (TPSA) is 94.7 Å². The van der Waals surface area contributed by atoms with E-state index in [2.05, 4.69) is 64.8 Å². The lowest BCUT2D eigenvalue weighted by molar-refractivity contribution is 0.0866. The van der Waals surface area contributed by atoms with Crippen molar-refractivity contribution < 1.29 is 0 Å². The number of nitrogens with one attached hydrogen (secondary N) is 2. The average molecular weight is 654 g/mol. The van der Waals surface area contributed by atoms with Gasteiger partial charge in [0.2, 0.25) is 0 Å². The fourth-order valence-electron chi connectivity index (χ4n) is 6.17. The summed E-state index contributed by atoms with van der Waals surface area (Å²) in [7, 11) is 0. The fourth-order valence-corrected chi connectivity index (χ4v) is 6.51. The number of hydrogen-bond acceptors (Lipinski definition) is 7. The van der Waals surface area contributed by atoms with Crippen LogP contribution >= 0.6 is 23.2 Å². The molecule has 0 amide bonds. The van der Waals surface area contributed by atoms with Gasteiger partial charge >= 0.3 is 0 Å². The Kier molecular flexibility index (Phi) is 9.46. The molecular weight excluding hydrogens is 615 g/mol. The number of hydrogen-bond donors (Lipinski definition) is 2. The highest BCUT2D eigenvalue weighted by Gasteiger charge is 2.29. The first-order valence-electron chi connectivity index (χ1n) is 15.7. The number of fused-ring (bicyclic) bond motifs is 1.